The van der Waals surface area contributed by atoms with Crippen LogP contribution in [-0.4, -0.2) is 16.1 Å². The molecule has 2 aromatic carbocycles. The van der Waals surface area contributed by atoms with Crippen molar-refractivity contribution in [2.45, 2.75) is 12.8 Å². The fourth-order valence-electron chi connectivity index (χ4n) is 2.20. The number of aryl methyl sites for hydroxylation is 1. The van der Waals surface area contributed by atoms with Gasteiger partial charge in [0, 0.05) is 6.07 Å². The highest BCUT2D eigenvalue weighted by Crippen LogP contribution is 2.28. The first kappa shape index (κ1) is 17.8. The van der Waals surface area contributed by atoms with E-state index in [0.29, 0.717) is 0 Å². The number of hydrogen-bond donors (Lipinski definition) is 1. The van der Waals surface area contributed by atoms with Crippen LogP contribution in [-0.2, 0) is 6.42 Å². The van der Waals surface area contributed by atoms with Crippen LogP contribution in [0.1, 0.15) is 17.5 Å². The van der Waals surface area contributed by atoms with Crippen LogP contribution in [0.15, 0.2) is 60.2 Å². The lowest BCUT2D eigenvalue weighted by Gasteiger charge is -2.05. The molecule has 2 aromatic rings. The van der Waals surface area contributed by atoms with E-state index < -0.39 is 15.5 Å². The van der Waals surface area contributed by atoms with Crippen LogP contribution in [0.4, 0.5) is 17.1 Å². The van der Waals surface area contributed by atoms with Crippen LogP contribution < -0.4 is 5.43 Å². The summed E-state index contributed by atoms with van der Waals surface area (Å²) in [5.41, 5.74) is 3.85. The molecule has 0 spiro atoms. The molecule has 0 saturated heterocycles. The summed E-state index contributed by atoms with van der Waals surface area (Å²) in [6.45, 7) is 3.70. The van der Waals surface area contributed by atoms with Crippen molar-refractivity contribution < 1.29 is 9.85 Å². The van der Waals surface area contributed by atoms with Gasteiger partial charge < -0.3 is 0 Å². The maximum absolute atomic E-state index is 11.1. The van der Waals surface area contributed by atoms with Crippen molar-refractivity contribution in [3.63, 3.8) is 0 Å². The second kappa shape index (κ2) is 8.34. The van der Waals surface area contributed by atoms with Gasteiger partial charge in [0.25, 0.3) is 5.69 Å². The van der Waals surface area contributed by atoms with E-state index in [4.69, 9.17) is 0 Å². The Balaban J connectivity index is 2.21. The summed E-state index contributed by atoms with van der Waals surface area (Å²) in [7, 11) is 0. The number of hydrazone groups is 1. The highest BCUT2D eigenvalue weighted by Gasteiger charge is 2.19. The Hall–Kier alpha value is -3.55. The zero-order valence-corrected chi connectivity index (χ0v) is 13.3. The van der Waals surface area contributed by atoms with Crippen molar-refractivity contribution in [1.29, 1.82) is 0 Å². The molecule has 0 aliphatic rings. The van der Waals surface area contributed by atoms with Crippen molar-refractivity contribution >= 4 is 23.3 Å². The lowest BCUT2D eigenvalue weighted by molar-refractivity contribution is -0.393. The molecule has 128 valence electrons. The van der Waals surface area contributed by atoms with Gasteiger partial charge in [0.1, 0.15) is 5.69 Å². The van der Waals surface area contributed by atoms with E-state index in [2.05, 4.69) is 17.1 Å². The lowest BCUT2D eigenvalue weighted by Crippen LogP contribution is -1.99. The number of nitrogens with zero attached hydrogens (tertiary/aromatic N) is 3. The molecule has 0 aromatic heterocycles. The first-order chi connectivity index (χ1) is 12.0. The van der Waals surface area contributed by atoms with Crippen molar-refractivity contribution in [3.05, 3.63) is 86.5 Å². The van der Waals surface area contributed by atoms with Crippen LogP contribution in [0.25, 0.3) is 0 Å². The first-order valence-electron chi connectivity index (χ1n) is 7.43. The third-order valence-corrected chi connectivity index (χ3v) is 3.45. The van der Waals surface area contributed by atoms with Crippen molar-refractivity contribution in [2.24, 2.45) is 5.10 Å². The third kappa shape index (κ3) is 4.71. The predicted molar refractivity (Wildman–Crippen MR) is 95.9 cm³/mol. The number of rotatable bonds is 8. The first-order valence-corrected chi connectivity index (χ1v) is 7.43. The van der Waals surface area contributed by atoms with E-state index in [1.54, 1.807) is 6.21 Å². The minimum absolute atomic E-state index is 0.0791. The Morgan fingerprint density at radius 3 is 2.56 bits per heavy atom. The third-order valence-electron chi connectivity index (χ3n) is 3.45. The molecule has 0 amide bonds. The molecule has 0 aliphatic heterocycles. The number of allylic oxidation sites excluding steroid dienone is 1. The molecule has 2 rings (SSSR count). The van der Waals surface area contributed by atoms with E-state index >= 15 is 0 Å². The normalized spacial score (nSPS) is 10.6. The molecule has 0 radical (unpaired) electrons. The van der Waals surface area contributed by atoms with Gasteiger partial charge in [-0.1, -0.05) is 30.3 Å². The molecule has 0 aliphatic carbocycles. The summed E-state index contributed by atoms with van der Waals surface area (Å²) in [5.74, 6) is 0. The van der Waals surface area contributed by atoms with Crippen molar-refractivity contribution in [3.8, 4) is 0 Å². The monoisotopic (exact) mass is 340 g/mol. The molecule has 0 atom stereocenters. The molecular formula is C17H16N4O4. The Morgan fingerprint density at radius 2 is 1.88 bits per heavy atom. The number of non-ortho nitro benzene ring substituents is 1. The standard InChI is InChI=1S/C17H16N4O4/c1-2-3-6-13-7-4-5-8-14(13)12-18-19-16-10-9-15(20(22)23)11-17(16)21(24)25/h2,4-5,7-12,19H,1,3,6H2/b18-12+. The summed E-state index contributed by atoms with van der Waals surface area (Å²) < 4.78 is 0. The molecule has 8 heteroatoms. The van der Waals surface area contributed by atoms with Gasteiger partial charge in [-0.2, -0.15) is 5.10 Å². The predicted octanol–water partition coefficient (Wildman–Crippen LogP) is 4.07. The van der Waals surface area contributed by atoms with Gasteiger partial charge in [-0.05, 0) is 30.0 Å². The molecule has 1 N–H and O–H groups in total. The van der Waals surface area contributed by atoms with E-state index in [1.165, 1.54) is 12.1 Å². The van der Waals surface area contributed by atoms with E-state index in [0.717, 1.165) is 30.0 Å². The van der Waals surface area contributed by atoms with E-state index in [1.807, 2.05) is 30.3 Å². The second-order valence-electron chi connectivity index (χ2n) is 5.11. The fourth-order valence-corrected chi connectivity index (χ4v) is 2.20. The maximum atomic E-state index is 11.1. The Kier molecular flexibility index (Phi) is 5.94. The van der Waals surface area contributed by atoms with Gasteiger partial charge in [0.15, 0.2) is 0 Å². The molecule has 25 heavy (non-hydrogen) atoms. The largest absolute Gasteiger partial charge is 0.301 e. The number of benzene rings is 2. The quantitative estimate of drug-likeness (QED) is 0.337. The SMILES string of the molecule is C=CCCc1ccccc1/C=N/Nc1ccc([N+](=O)[O-])cc1[N+](=O)[O-]. The summed E-state index contributed by atoms with van der Waals surface area (Å²) in [6.07, 6.45) is 5.02. The average Bonchev–Trinajstić information content (AvgIpc) is 2.60. The zero-order valence-electron chi connectivity index (χ0n) is 13.3. The van der Waals surface area contributed by atoms with E-state index in [-0.39, 0.29) is 11.4 Å². The van der Waals surface area contributed by atoms with Crippen molar-refractivity contribution in [2.75, 3.05) is 5.43 Å². The fraction of sp³-hybridized carbons (Fsp3) is 0.118. The Labute approximate surface area is 143 Å². The van der Waals surface area contributed by atoms with Gasteiger partial charge in [-0.3, -0.25) is 25.7 Å². The summed E-state index contributed by atoms with van der Waals surface area (Å²) in [4.78, 5) is 20.4. The molecule has 0 fully saturated rings. The van der Waals surface area contributed by atoms with Crippen LogP contribution in [0.5, 0.6) is 0 Å². The number of nitro groups is 2. The van der Waals surface area contributed by atoms with Crippen LogP contribution >= 0.6 is 0 Å². The van der Waals surface area contributed by atoms with Gasteiger partial charge >= 0.3 is 5.69 Å². The van der Waals surface area contributed by atoms with Crippen molar-refractivity contribution in [1.82, 2.24) is 0 Å². The number of nitro benzene ring substituents is 2. The van der Waals surface area contributed by atoms with E-state index in [9.17, 15) is 20.2 Å². The summed E-state index contributed by atoms with van der Waals surface area (Å²) >= 11 is 0. The molecule has 0 heterocycles. The minimum Gasteiger partial charge on any atom is -0.272 e. The zero-order chi connectivity index (χ0) is 18.2. The van der Waals surface area contributed by atoms with Gasteiger partial charge in [-0.25, -0.2) is 0 Å². The topological polar surface area (TPSA) is 111 Å². The van der Waals surface area contributed by atoms with Gasteiger partial charge in [-0.15, -0.1) is 6.58 Å². The Morgan fingerprint density at radius 1 is 1.12 bits per heavy atom. The van der Waals surface area contributed by atoms with Gasteiger partial charge in [0.2, 0.25) is 0 Å². The Bertz CT molecular complexity index is 833. The molecule has 0 bridgehead atoms. The highest BCUT2D eigenvalue weighted by atomic mass is 16.6. The molecule has 8 nitrogen and oxygen atoms in total. The maximum Gasteiger partial charge on any atom is 0.301 e. The number of nitrogens with one attached hydrogen (secondary N) is 1. The van der Waals surface area contributed by atoms with Crippen LogP contribution in [0, 0.1) is 20.2 Å². The second-order valence-corrected chi connectivity index (χ2v) is 5.11. The smallest absolute Gasteiger partial charge is 0.272 e. The summed E-state index contributed by atoms with van der Waals surface area (Å²) in [6, 6.07) is 11.0. The minimum atomic E-state index is -0.692. The van der Waals surface area contributed by atoms with Crippen LogP contribution in [0.3, 0.4) is 0 Å². The average molecular weight is 340 g/mol. The van der Waals surface area contributed by atoms with Crippen LogP contribution in [0.2, 0.25) is 0 Å². The number of anilines is 1. The molecular weight excluding hydrogens is 324 g/mol. The van der Waals surface area contributed by atoms with Gasteiger partial charge in [0.05, 0.1) is 22.1 Å². The highest BCUT2D eigenvalue weighted by molar-refractivity contribution is 5.82. The summed E-state index contributed by atoms with van der Waals surface area (Å²) in [5, 5.41) is 25.8. The molecule has 0 saturated carbocycles. The number of hydrogen-bond acceptors (Lipinski definition) is 6. The molecule has 0 unspecified atom stereocenters. The lowest BCUT2D eigenvalue weighted by atomic mass is 10.0.